The van der Waals surface area contributed by atoms with Gasteiger partial charge >= 0.3 is 6.03 Å². The minimum Gasteiger partial charge on any atom is -0.341 e. The van der Waals surface area contributed by atoms with Gasteiger partial charge in [0.25, 0.3) is 0 Å². The molecule has 0 radical (unpaired) electrons. The van der Waals surface area contributed by atoms with Crippen molar-refractivity contribution in [2.75, 3.05) is 24.7 Å². The zero-order valence-electron chi connectivity index (χ0n) is 10.4. The summed E-state index contributed by atoms with van der Waals surface area (Å²) in [5, 5.41) is 2.53. The molecular weight excluding hydrogens is 252 g/mol. The van der Waals surface area contributed by atoms with Crippen LogP contribution in [0.2, 0.25) is 0 Å². The van der Waals surface area contributed by atoms with Crippen molar-refractivity contribution in [2.24, 2.45) is 0 Å². The summed E-state index contributed by atoms with van der Waals surface area (Å²) in [5.74, 6) is 0.213. The lowest BCUT2D eigenvalue weighted by molar-refractivity contribution is 0.249. The molecule has 0 saturated heterocycles. The Morgan fingerprint density at radius 1 is 1.39 bits per heavy atom. The van der Waals surface area contributed by atoms with Gasteiger partial charge in [0.1, 0.15) is 0 Å². The average molecular weight is 268 g/mol. The third-order valence-corrected chi connectivity index (χ3v) is 5.04. The fourth-order valence-corrected chi connectivity index (χ4v) is 3.70. The zero-order chi connectivity index (χ0) is 13.3. The quantitative estimate of drug-likeness (QED) is 0.831. The van der Waals surface area contributed by atoms with E-state index in [4.69, 9.17) is 0 Å². The average Bonchev–Trinajstić information content (AvgIpc) is 2.36. The topological polar surface area (TPSA) is 66.5 Å². The number of fused-ring (bicyclic) bond motifs is 1. The molecule has 0 spiro atoms. The van der Waals surface area contributed by atoms with E-state index in [0.717, 1.165) is 12.0 Å². The molecule has 0 bridgehead atoms. The Balaban J connectivity index is 2.42. The number of hydrogen-bond donors (Lipinski definition) is 1. The molecule has 18 heavy (non-hydrogen) atoms. The third kappa shape index (κ3) is 2.20. The van der Waals surface area contributed by atoms with Crippen LogP contribution in [-0.4, -0.2) is 34.3 Å². The van der Waals surface area contributed by atoms with Gasteiger partial charge in [0, 0.05) is 19.8 Å². The second kappa shape index (κ2) is 4.61. The molecule has 2 amide bonds. The van der Waals surface area contributed by atoms with Crippen LogP contribution in [0, 0.1) is 0 Å². The molecule has 0 saturated carbocycles. The van der Waals surface area contributed by atoms with E-state index in [9.17, 15) is 13.2 Å². The minimum absolute atomic E-state index is 0.213. The lowest BCUT2D eigenvalue weighted by atomic mass is 10.1. The van der Waals surface area contributed by atoms with E-state index in [2.05, 4.69) is 5.32 Å². The number of amides is 2. The highest BCUT2D eigenvalue weighted by Crippen LogP contribution is 2.28. The van der Waals surface area contributed by atoms with Crippen LogP contribution < -0.4 is 10.2 Å². The van der Waals surface area contributed by atoms with Gasteiger partial charge in [-0.3, -0.25) is 4.90 Å². The Labute approximate surface area is 107 Å². The van der Waals surface area contributed by atoms with Crippen molar-refractivity contribution in [3.05, 3.63) is 23.8 Å². The summed E-state index contributed by atoms with van der Waals surface area (Å²) in [6.07, 6.45) is 1.38. The van der Waals surface area contributed by atoms with E-state index in [1.165, 1.54) is 4.90 Å². The summed E-state index contributed by atoms with van der Waals surface area (Å²) in [7, 11) is 0.0785. The van der Waals surface area contributed by atoms with E-state index >= 15 is 0 Å². The molecule has 6 heteroatoms. The number of nitrogens with zero attached hydrogens (tertiary/aromatic N) is 1. The van der Waals surface area contributed by atoms with E-state index in [0.29, 0.717) is 17.0 Å². The first-order valence-corrected chi connectivity index (χ1v) is 7.42. The van der Waals surface area contributed by atoms with E-state index in [1.54, 1.807) is 32.3 Å². The number of aryl methyl sites for hydroxylation is 1. The fraction of sp³-hybridized carbons (Fsp3) is 0.417. The predicted molar refractivity (Wildman–Crippen MR) is 69.7 cm³/mol. The summed E-state index contributed by atoms with van der Waals surface area (Å²) in [6, 6.07) is 4.81. The van der Waals surface area contributed by atoms with Crippen LogP contribution in [0.1, 0.15) is 12.0 Å². The van der Waals surface area contributed by atoms with Crippen LogP contribution in [0.25, 0.3) is 0 Å². The van der Waals surface area contributed by atoms with Crippen LogP contribution >= 0.6 is 0 Å². The molecule has 1 aliphatic heterocycles. The lowest BCUT2D eigenvalue weighted by Gasteiger charge is -2.21. The van der Waals surface area contributed by atoms with Gasteiger partial charge < -0.3 is 5.32 Å². The number of anilines is 1. The standard InChI is InChI=1S/C12H16N2O3S/c1-13-12(15)14(2)10-5-6-11-9(8-10)4-3-7-18(11,16)17/h5-6,8H,3-4,7H2,1-2H3,(H,13,15). The monoisotopic (exact) mass is 268 g/mol. The van der Waals surface area contributed by atoms with E-state index < -0.39 is 9.84 Å². The molecule has 98 valence electrons. The molecular formula is C12H16N2O3S. The number of benzene rings is 1. The molecule has 1 heterocycles. The first-order valence-electron chi connectivity index (χ1n) is 5.77. The molecule has 0 atom stereocenters. The SMILES string of the molecule is CNC(=O)N(C)c1ccc2c(c1)CCCS2(=O)=O. The summed E-state index contributed by atoms with van der Waals surface area (Å²) < 4.78 is 23.7. The van der Waals surface area contributed by atoms with Gasteiger partial charge in [0.15, 0.2) is 9.84 Å². The zero-order valence-corrected chi connectivity index (χ0v) is 11.3. The van der Waals surface area contributed by atoms with Crippen LogP contribution in [-0.2, 0) is 16.3 Å². The van der Waals surface area contributed by atoms with Crippen molar-refractivity contribution in [1.29, 1.82) is 0 Å². The number of hydrogen-bond acceptors (Lipinski definition) is 3. The number of urea groups is 1. The Morgan fingerprint density at radius 2 is 2.11 bits per heavy atom. The smallest absolute Gasteiger partial charge is 0.321 e. The minimum atomic E-state index is -3.13. The molecule has 1 aliphatic rings. The maximum atomic E-state index is 11.9. The Morgan fingerprint density at radius 3 is 2.78 bits per heavy atom. The maximum absolute atomic E-state index is 11.9. The second-order valence-electron chi connectivity index (χ2n) is 4.33. The molecule has 0 aromatic heterocycles. The highest BCUT2D eigenvalue weighted by molar-refractivity contribution is 7.91. The van der Waals surface area contributed by atoms with Crippen molar-refractivity contribution in [3.8, 4) is 0 Å². The molecule has 1 aromatic carbocycles. The first kappa shape index (κ1) is 12.9. The van der Waals surface area contributed by atoms with Crippen LogP contribution in [0.5, 0.6) is 0 Å². The van der Waals surface area contributed by atoms with Crippen molar-refractivity contribution < 1.29 is 13.2 Å². The Bertz CT molecular complexity index is 581. The van der Waals surface area contributed by atoms with Crippen molar-refractivity contribution >= 4 is 21.6 Å². The van der Waals surface area contributed by atoms with Gasteiger partial charge in [0.2, 0.25) is 0 Å². The number of sulfone groups is 1. The first-order chi connectivity index (χ1) is 8.45. The van der Waals surface area contributed by atoms with Crippen LogP contribution in [0.15, 0.2) is 23.1 Å². The van der Waals surface area contributed by atoms with Gasteiger partial charge in [-0.05, 0) is 36.6 Å². The predicted octanol–water partition coefficient (Wildman–Crippen LogP) is 1.18. The van der Waals surface area contributed by atoms with Crippen molar-refractivity contribution in [2.45, 2.75) is 17.7 Å². The van der Waals surface area contributed by atoms with Crippen molar-refractivity contribution in [3.63, 3.8) is 0 Å². The number of rotatable bonds is 1. The summed E-state index contributed by atoms with van der Waals surface area (Å²) >= 11 is 0. The Kier molecular flexibility index (Phi) is 3.30. The van der Waals surface area contributed by atoms with Gasteiger partial charge in [-0.15, -0.1) is 0 Å². The van der Waals surface area contributed by atoms with Crippen molar-refractivity contribution in [1.82, 2.24) is 5.32 Å². The molecule has 5 nitrogen and oxygen atoms in total. The molecule has 0 aliphatic carbocycles. The summed E-state index contributed by atoms with van der Waals surface area (Å²) in [4.78, 5) is 13.4. The van der Waals surface area contributed by atoms with Gasteiger partial charge in [-0.2, -0.15) is 0 Å². The van der Waals surface area contributed by atoms with Gasteiger partial charge in [0.05, 0.1) is 10.6 Å². The highest BCUT2D eigenvalue weighted by atomic mass is 32.2. The lowest BCUT2D eigenvalue weighted by Crippen LogP contribution is -2.34. The van der Waals surface area contributed by atoms with E-state index in [-0.39, 0.29) is 11.8 Å². The molecule has 0 unspecified atom stereocenters. The molecule has 1 aromatic rings. The maximum Gasteiger partial charge on any atom is 0.321 e. The number of nitrogens with one attached hydrogen (secondary N) is 1. The van der Waals surface area contributed by atoms with Crippen LogP contribution in [0.3, 0.4) is 0 Å². The number of carbonyl (C=O) groups is 1. The third-order valence-electron chi connectivity index (χ3n) is 3.14. The molecule has 0 fully saturated rings. The van der Waals surface area contributed by atoms with Gasteiger partial charge in [-0.1, -0.05) is 0 Å². The second-order valence-corrected chi connectivity index (χ2v) is 6.41. The fourth-order valence-electron chi connectivity index (χ4n) is 2.12. The van der Waals surface area contributed by atoms with E-state index in [1.807, 2.05) is 0 Å². The molecule has 1 N–H and O–H groups in total. The summed E-state index contributed by atoms with van der Waals surface area (Å²) in [6.45, 7) is 0. The van der Waals surface area contributed by atoms with Crippen LogP contribution in [0.4, 0.5) is 10.5 Å². The summed E-state index contributed by atoms with van der Waals surface area (Å²) in [5.41, 5.74) is 1.50. The largest absolute Gasteiger partial charge is 0.341 e. The normalized spacial score (nSPS) is 16.8. The Hall–Kier alpha value is -1.56. The number of carbonyl (C=O) groups excluding carboxylic acids is 1. The molecule has 2 rings (SSSR count). The highest BCUT2D eigenvalue weighted by Gasteiger charge is 2.24. The van der Waals surface area contributed by atoms with Gasteiger partial charge in [-0.25, -0.2) is 13.2 Å².